The fraction of sp³-hybridized carbons (Fsp3) is 0.333. The summed E-state index contributed by atoms with van der Waals surface area (Å²) in [4.78, 5) is 10.2. The van der Waals surface area contributed by atoms with E-state index in [1.165, 1.54) is 10.4 Å². The number of benzene rings is 1. The van der Waals surface area contributed by atoms with Crippen LogP contribution in [0.15, 0.2) is 24.3 Å². The van der Waals surface area contributed by atoms with Gasteiger partial charge in [0.25, 0.3) is 5.69 Å². The molecule has 6 nitrogen and oxygen atoms in total. The summed E-state index contributed by atoms with van der Waals surface area (Å²) < 4.78 is 23.8. The van der Waals surface area contributed by atoms with E-state index in [1.54, 1.807) is 18.2 Å². The molecule has 1 aliphatic heterocycles. The van der Waals surface area contributed by atoms with Crippen LogP contribution in [0.5, 0.6) is 0 Å². The average Bonchev–Trinajstić information content (AvgIpc) is 2.25. The Morgan fingerprint density at radius 2 is 2.06 bits per heavy atom. The Bertz CT molecular complexity index is 526. The zero-order chi connectivity index (χ0) is 11.8. The van der Waals surface area contributed by atoms with E-state index in [-0.39, 0.29) is 18.0 Å². The van der Waals surface area contributed by atoms with E-state index in [9.17, 15) is 18.5 Å². The lowest BCUT2D eigenvalue weighted by Gasteiger charge is -2.29. The largest absolute Gasteiger partial charge is 0.273 e. The molecular formula is C9H10N2O4S. The zero-order valence-electron chi connectivity index (χ0n) is 8.37. The Balaban J connectivity index is 2.25. The maximum absolute atomic E-state index is 11.3. The highest BCUT2D eigenvalue weighted by atomic mass is 32.2. The van der Waals surface area contributed by atoms with Gasteiger partial charge in [-0.2, -0.15) is 4.31 Å². The number of nitro benzene ring substituents is 1. The molecule has 0 amide bonds. The van der Waals surface area contributed by atoms with Crippen molar-refractivity contribution >= 4 is 15.7 Å². The number of hydrogen-bond donors (Lipinski definition) is 0. The molecule has 7 heteroatoms. The van der Waals surface area contributed by atoms with E-state index >= 15 is 0 Å². The van der Waals surface area contributed by atoms with Crippen molar-refractivity contribution in [2.75, 3.05) is 12.3 Å². The first-order valence-electron chi connectivity index (χ1n) is 4.71. The van der Waals surface area contributed by atoms with E-state index in [0.29, 0.717) is 12.1 Å². The van der Waals surface area contributed by atoms with Gasteiger partial charge in [0.05, 0.1) is 10.7 Å². The third-order valence-electron chi connectivity index (χ3n) is 2.53. The lowest BCUT2D eigenvalue weighted by Crippen LogP contribution is -2.46. The number of rotatable bonds is 3. The molecule has 0 radical (unpaired) electrons. The highest BCUT2D eigenvalue weighted by molar-refractivity contribution is 7.90. The minimum Gasteiger partial charge on any atom is -0.258 e. The third-order valence-corrected chi connectivity index (χ3v) is 4.32. The van der Waals surface area contributed by atoms with Crippen LogP contribution in [-0.4, -0.2) is 29.9 Å². The number of hydrogen-bond acceptors (Lipinski definition) is 4. The molecule has 0 atom stereocenters. The minimum atomic E-state index is -3.15. The Morgan fingerprint density at radius 1 is 1.38 bits per heavy atom. The number of nitro groups is 1. The van der Waals surface area contributed by atoms with Gasteiger partial charge in [-0.1, -0.05) is 18.2 Å². The average molecular weight is 242 g/mol. The van der Waals surface area contributed by atoms with Crippen LogP contribution in [0.4, 0.5) is 5.69 Å². The second-order valence-corrected chi connectivity index (χ2v) is 5.62. The van der Waals surface area contributed by atoms with Gasteiger partial charge in [-0.15, -0.1) is 0 Å². The summed E-state index contributed by atoms with van der Waals surface area (Å²) in [5.41, 5.74) is 0.389. The molecule has 1 heterocycles. The summed E-state index contributed by atoms with van der Waals surface area (Å²) in [7, 11) is -3.15. The number of sulfonamides is 1. The Kier molecular flexibility index (Phi) is 2.64. The summed E-state index contributed by atoms with van der Waals surface area (Å²) in [6, 6.07) is 6.18. The molecular weight excluding hydrogens is 232 g/mol. The Labute approximate surface area is 92.7 Å². The fourth-order valence-corrected chi connectivity index (χ4v) is 2.63. The van der Waals surface area contributed by atoms with Crippen molar-refractivity contribution in [1.82, 2.24) is 4.31 Å². The van der Waals surface area contributed by atoms with Gasteiger partial charge in [-0.25, -0.2) is 8.42 Å². The van der Waals surface area contributed by atoms with Crippen LogP contribution >= 0.6 is 0 Å². The maximum Gasteiger partial charge on any atom is 0.273 e. The van der Waals surface area contributed by atoms with Crippen LogP contribution in [-0.2, 0) is 16.6 Å². The first-order valence-corrected chi connectivity index (χ1v) is 6.32. The molecule has 0 spiro atoms. The van der Waals surface area contributed by atoms with Crippen molar-refractivity contribution in [3.8, 4) is 0 Å². The van der Waals surface area contributed by atoms with Crippen molar-refractivity contribution in [2.24, 2.45) is 0 Å². The zero-order valence-corrected chi connectivity index (χ0v) is 9.18. The molecule has 1 aromatic carbocycles. The molecule has 1 saturated heterocycles. The van der Waals surface area contributed by atoms with Crippen LogP contribution < -0.4 is 0 Å². The van der Waals surface area contributed by atoms with Crippen molar-refractivity contribution in [3.05, 3.63) is 39.9 Å². The van der Waals surface area contributed by atoms with Gasteiger partial charge in [-0.3, -0.25) is 10.1 Å². The molecule has 0 N–H and O–H groups in total. The lowest BCUT2D eigenvalue weighted by atomic mass is 10.2. The summed E-state index contributed by atoms with van der Waals surface area (Å²) in [6.07, 6.45) is 0. The molecule has 0 bridgehead atoms. The van der Waals surface area contributed by atoms with Crippen molar-refractivity contribution < 1.29 is 13.3 Å². The van der Waals surface area contributed by atoms with Gasteiger partial charge in [0, 0.05) is 24.7 Å². The number of nitrogens with zero attached hydrogens (tertiary/aromatic N) is 2. The van der Waals surface area contributed by atoms with Crippen molar-refractivity contribution in [1.29, 1.82) is 0 Å². The first-order chi connectivity index (χ1) is 7.50. The van der Waals surface area contributed by atoms with E-state index in [0.717, 1.165) is 0 Å². The van der Waals surface area contributed by atoms with Crippen LogP contribution in [0.25, 0.3) is 0 Å². The van der Waals surface area contributed by atoms with E-state index in [4.69, 9.17) is 0 Å². The van der Waals surface area contributed by atoms with Crippen LogP contribution in [0, 0.1) is 10.1 Å². The summed E-state index contributed by atoms with van der Waals surface area (Å²) in [5.74, 6) is 0.133. The predicted molar refractivity (Wildman–Crippen MR) is 57.3 cm³/mol. The topological polar surface area (TPSA) is 80.5 Å². The van der Waals surface area contributed by atoms with Crippen molar-refractivity contribution in [2.45, 2.75) is 6.54 Å². The van der Waals surface area contributed by atoms with Gasteiger partial charge >= 0.3 is 0 Å². The summed E-state index contributed by atoms with van der Waals surface area (Å²) in [6.45, 7) is 0.522. The summed E-state index contributed by atoms with van der Waals surface area (Å²) >= 11 is 0. The molecule has 86 valence electrons. The van der Waals surface area contributed by atoms with Gasteiger partial charge in [0.2, 0.25) is 10.0 Å². The molecule has 1 aromatic rings. The minimum absolute atomic E-state index is 0.0374. The van der Waals surface area contributed by atoms with Gasteiger partial charge in [-0.05, 0) is 0 Å². The lowest BCUT2D eigenvalue weighted by molar-refractivity contribution is -0.385. The standard InChI is InChI=1S/C9H10N2O4S/c12-11(13)9-4-2-1-3-8(9)7-10-5-6-16(10,14)15/h1-4H,5-7H2. The quantitative estimate of drug-likeness (QED) is 0.578. The second-order valence-electron chi connectivity index (χ2n) is 3.54. The number of para-hydroxylation sites is 1. The van der Waals surface area contributed by atoms with E-state index in [2.05, 4.69) is 0 Å². The van der Waals surface area contributed by atoms with Crippen LogP contribution in [0.3, 0.4) is 0 Å². The monoisotopic (exact) mass is 242 g/mol. The Morgan fingerprint density at radius 3 is 2.56 bits per heavy atom. The molecule has 0 aliphatic carbocycles. The van der Waals surface area contributed by atoms with Crippen LogP contribution in [0.2, 0.25) is 0 Å². The first kappa shape index (κ1) is 11.0. The fourth-order valence-electron chi connectivity index (χ4n) is 1.56. The molecule has 16 heavy (non-hydrogen) atoms. The molecule has 1 fully saturated rings. The predicted octanol–water partition coefficient (Wildman–Crippen LogP) is 0.740. The second kappa shape index (κ2) is 3.84. The molecule has 0 aromatic heterocycles. The van der Waals surface area contributed by atoms with Gasteiger partial charge in [0.15, 0.2) is 0 Å². The van der Waals surface area contributed by atoms with Crippen LogP contribution in [0.1, 0.15) is 5.56 Å². The molecule has 1 aliphatic rings. The smallest absolute Gasteiger partial charge is 0.258 e. The summed E-state index contributed by atoms with van der Waals surface area (Å²) in [5, 5.41) is 10.7. The molecule has 2 rings (SSSR count). The third kappa shape index (κ3) is 1.91. The SMILES string of the molecule is O=[N+]([O-])c1ccccc1CN1CCS1(=O)=O. The molecule has 0 saturated carbocycles. The maximum atomic E-state index is 11.3. The van der Waals surface area contributed by atoms with E-state index in [1.807, 2.05) is 0 Å². The Hall–Kier alpha value is -1.47. The van der Waals surface area contributed by atoms with Gasteiger partial charge < -0.3 is 0 Å². The normalized spacial score (nSPS) is 19.0. The highest BCUT2D eigenvalue weighted by Crippen LogP contribution is 2.23. The van der Waals surface area contributed by atoms with Crippen molar-refractivity contribution in [3.63, 3.8) is 0 Å². The highest BCUT2D eigenvalue weighted by Gasteiger charge is 2.33. The van der Waals surface area contributed by atoms with Gasteiger partial charge in [0.1, 0.15) is 0 Å². The molecule has 0 unspecified atom stereocenters. The van der Waals surface area contributed by atoms with E-state index < -0.39 is 14.9 Å².